The molecule has 1 atom stereocenters. The number of imidazole rings is 1. The molecule has 0 spiro atoms. The van der Waals surface area contributed by atoms with Crippen molar-refractivity contribution in [1.82, 2.24) is 14.9 Å². The summed E-state index contributed by atoms with van der Waals surface area (Å²) in [5.74, 6) is 0.851. The minimum absolute atomic E-state index is 0.00209. The number of sulfone groups is 1. The molecule has 1 aromatic heterocycles. The van der Waals surface area contributed by atoms with E-state index in [1.165, 1.54) is 6.26 Å². The largest absolute Gasteiger partial charge is 0.342 e. The van der Waals surface area contributed by atoms with Gasteiger partial charge in [-0.1, -0.05) is 12.1 Å². The molecule has 0 aliphatic carbocycles. The summed E-state index contributed by atoms with van der Waals surface area (Å²) in [6.45, 7) is 1.21. The molecule has 1 aliphatic heterocycles. The van der Waals surface area contributed by atoms with Crippen molar-refractivity contribution in [2.45, 2.75) is 19.3 Å². The van der Waals surface area contributed by atoms with Crippen molar-refractivity contribution < 1.29 is 13.2 Å². The van der Waals surface area contributed by atoms with Crippen LogP contribution in [0.4, 0.5) is 0 Å². The van der Waals surface area contributed by atoms with Crippen molar-refractivity contribution in [2.75, 3.05) is 25.1 Å². The summed E-state index contributed by atoms with van der Waals surface area (Å²) in [6.07, 6.45) is 3.19. The fraction of sp³-hybridized carbons (Fsp3) is 0.500. The topological polar surface area (TPSA) is 83.1 Å². The van der Waals surface area contributed by atoms with Gasteiger partial charge in [0, 0.05) is 19.3 Å². The Morgan fingerprint density at radius 1 is 1.39 bits per heavy atom. The van der Waals surface area contributed by atoms with Gasteiger partial charge in [0.2, 0.25) is 5.91 Å². The van der Waals surface area contributed by atoms with Gasteiger partial charge in [-0.15, -0.1) is 0 Å². The van der Waals surface area contributed by atoms with E-state index in [0.29, 0.717) is 18.9 Å². The standard InChI is InChI=1S/C16H21N3O3S/c1-23(21,22)11-12-5-4-8-19(10-12)16(20)9-15-17-13-6-2-3-7-14(13)18-15/h2-3,6-7,12H,4-5,8-11H2,1H3,(H,17,18). The summed E-state index contributed by atoms with van der Waals surface area (Å²) in [5.41, 5.74) is 1.77. The molecule has 0 saturated carbocycles. The molecule has 1 saturated heterocycles. The van der Waals surface area contributed by atoms with Crippen LogP contribution in [0.3, 0.4) is 0 Å². The Hall–Kier alpha value is -1.89. The van der Waals surface area contributed by atoms with E-state index >= 15 is 0 Å². The number of carbonyl (C=O) groups excluding carboxylic acids is 1. The molecule has 1 aliphatic rings. The smallest absolute Gasteiger partial charge is 0.230 e. The van der Waals surface area contributed by atoms with Crippen LogP contribution in [0.25, 0.3) is 11.0 Å². The van der Waals surface area contributed by atoms with Crippen LogP contribution in [-0.2, 0) is 21.1 Å². The summed E-state index contributed by atoms with van der Waals surface area (Å²) in [6, 6.07) is 7.67. The summed E-state index contributed by atoms with van der Waals surface area (Å²) in [4.78, 5) is 21.8. The van der Waals surface area contributed by atoms with Gasteiger partial charge in [-0.2, -0.15) is 0 Å². The highest BCUT2D eigenvalue weighted by atomic mass is 32.2. The van der Waals surface area contributed by atoms with Gasteiger partial charge in [-0.25, -0.2) is 13.4 Å². The lowest BCUT2D eigenvalue weighted by atomic mass is 10.00. The summed E-state index contributed by atoms with van der Waals surface area (Å²) in [7, 11) is -3.01. The van der Waals surface area contributed by atoms with Gasteiger partial charge in [-0.05, 0) is 30.9 Å². The van der Waals surface area contributed by atoms with E-state index in [4.69, 9.17) is 0 Å². The molecular weight excluding hydrogens is 314 g/mol. The molecule has 3 rings (SSSR count). The van der Waals surface area contributed by atoms with E-state index in [9.17, 15) is 13.2 Å². The molecule has 0 radical (unpaired) electrons. The van der Waals surface area contributed by atoms with Crippen LogP contribution < -0.4 is 0 Å². The minimum Gasteiger partial charge on any atom is -0.342 e. The molecule has 124 valence electrons. The van der Waals surface area contributed by atoms with Gasteiger partial charge in [-0.3, -0.25) is 4.79 Å². The number of benzene rings is 1. The lowest BCUT2D eigenvalue weighted by Gasteiger charge is -2.32. The van der Waals surface area contributed by atoms with E-state index in [0.717, 1.165) is 23.9 Å². The predicted molar refractivity (Wildman–Crippen MR) is 88.8 cm³/mol. The first-order chi connectivity index (χ1) is 10.9. The van der Waals surface area contributed by atoms with E-state index in [-0.39, 0.29) is 24.0 Å². The number of nitrogens with zero attached hydrogens (tertiary/aromatic N) is 2. The Labute approximate surface area is 135 Å². The molecule has 1 fully saturated rings. The third kappa shape index (κ3) is 4.10. The van der Waals surface area contributed by atoms with Crippen LogP contribution in [0.1, 0.15) is 18.7 Å². The number of carbonyl (C=O) groups is 1. The van der Waals surface area contributed by atoms with Crippen LogP contribution in [0.15, 0.2) is 24.3 Å². The maximum Gasteiger partial charge on any atom is 0.230 e. The van der Waals surface area contributed by atoms with E-state index in [1.807, 2.05) is 24.3 Å². The third-order valence-electron chi connectivity index (χ3n) is 4.17. The summed E-state index contributed by atoms with van der Waals surface area (Å²) in [5, 5.41) is 0. The lowest BCUT2D eigenvalue weighted by molar-refractivity contribution is -0.132. The average Bonchev–Trinajstić information content (AvgIpc) is 2.87. The maximum atomic E-state index is 12.5. The van der Waals surface area contributed by atoms with E-state index in [2.05, 4.69) is 9.97 Å². The van der Waals surface area contributed by atoms with Crippen molar-refractivity contribution in [1.29, 1.82) is 0 Å². The van der Waals surface area contributed by atoms with Crippen LogP contribution in [0, 0.1) is 5.92 Å². The molecule has 6 nitrogen and oxygen atoms in total. The first-order valence-electron chi connectivity index (χ1n) is 7.80. The highest BCUT2D eigenvalue weighted by Gasteiger charge is 2.26. The molecule has 23 heavy (non-hydrogen) atoms. The number of aromatic amines is 1. The number of hydrogen-bond donors (Lipinski definition) is 1. The molecule has 0 bridgehead atoms. The van der Waals surface area contributed by atoms with Gasteiger partial charge in [0.15, 0.2) is 0 Å². The Bertz CT molecular complexity index is 780. The molecule has 2 heterocycles. The van der Waals surface area contributed by atoms with Crippen LogP contribution >= 0.6 is 0 Å². The molecule has 1 N–H and O–H groups in total. The number of fused-ring (bicyclic) bond motifs is 1. The second-order valence-electron chi connectivity index (χ2n) is 6.32. The monoisotopic (exact) mass is 335 g/mol. The highest BCUT2D eigenvalue weighted by Crippen LogP contribution is 2.19. The molecular formula is C16H21N3O3S. The van der Waals surface area contributed by atoms with Gasteiger partial charge in [0.25, 0.3) is 0 Å². The summed E-state index contributed by atoms with van der Waals surface area (Å²) >= 11 is 0. The van der Waals surface area contributed by atoms with Crippen molar-refractivity contribution in [3.63, 3.8) is 0 Å². The predicted octanol–water partition coefficient (Wildman–Crippen LogP) is 1.39. The van der Waals surface area contributed by atoms with Crippen LogP contribution in [0.5, 0.6) is 0 Å². The zero-order valence-electron chi connectivity index (χ0n) is 13.2. The Morgan fingerprint density at radius 2 is 2.17 bits per heavy atom. The maximum absolute atomic E-state index is 12.5. The van der Waals surface area contributed by atoms with Crippen molar-refractivity contribution >= 4 is 26.8 Å². The number of amides is 1. The van der Waals surface area contributed by atoms with Crippen molar-refractivity contribution in [3.05, 3.63) is 30.1 Å². The zero-order chi connectivity index (χ0) is 16.4. The van der Waals surface area contributed by atoms with E-state index < -0.39 is 9.84 Å². The number of para-hydroxylation sites is 2. The number of likely N-dealkylation sites (tertiary alicyclic amines) is 1. The SMILES string of the molecule is CS(=O)(=O)CC1CCCN(C(=O)Cc2nc3ccccc3[nH]2)C1. The van der Waals surface area contributed by atoms with Crippen LogP contribution in [0.2, 0.25) is 0 Å². The number of rotatable bonds is 4. The quantitative estimate of drug-likeness (QED) is 0.915. The fourth-order valence-electron chi connectivity index (χ4n) is 3.20. The normalized spacial score (nSPS) is 19.2. The Balaban J connectivity index is 1.65. The molecule has 1 amide bonds. The van der Waals surface area contributed by atoms with Gasteiger partial charge >= 0.3 is 0 Å². The first-order valence-corrected chi connectivity index (χ1v) is 9.86. The average molecular weight is 335 g/mol. The van der Waals surface area contributed by atoms with E-state index in [1.54, 1.807) is 4.90 Å². The first kappa shape index (κ1) is 16.0. The van der Waals surface area contributed by atoms with Gasteiger partial charge in [0.05, 0.1) is 23.2 Å². The summed E-state index contributed by atoms with van der Waals surface area (Å²) < 4.78 is 22.9. The van der Waals surface area contributed by atoms with Crippen molar-refractivity contribution in [3.8, 4) is 0 Å². The number of hydrogen-bond acceptors (Lipinski definition) is 4. The Kier molecular flexibility index (Phi) is 4.39. The molecule has 1 aromatic carbocycles. The van der Waals surface area contributed by atoms with Gasteiger partial charge in [0.1, 0.15) is 15.7 Å². The number of piperidine rings is 1. The second kappa shape index (κ2) is 6.31. The van der Waals surface area contributed by atoms with Gasteiger partial charge < -0.3 is 9.88 Å². The third-order valence-corrected chi connectivity index (χ3v) is 5.24. The Morgan fingerprint density at radius 3 is 2.91 bits per heavy atom. The fourth-order valence-corrected chi connectivity index (χ4v) is 4.33. The minimum atomic E-state index is -3.01. The number of H-pyrrole nitrogens is 1. The second-order valence-corrected chi connectivity index (χ2v) is 8.50. The molecule has 2 aromatic rings. The highest BCUT2D eigenvalue weighted by molar-refractivity contribution is 7.90. The van der Waals surface area contributed by atoms with Crippen LogP contribution in [-0.4, -0.2) is 54.3 Å². The van der Waals surface area contributed by atoms with Crippen molar-refractivity contribution in [2.24, 2.45) is 5.92 Å². The molecule has 1 unspecified atom stereocenters. The number of nitrogens with one attached hydrogen (secondary N) is 1. The lowest BCUT2D eigenvalue weighted by Crippen LogP contribution is -2.42. The number of aromatic nitrogens is 2. The molecule has 7 heteroatoms. The zero-order valence-corrected chi connectivity index (χ0v) is 14.0.